The van der Waals surface area contributed by atoms with Crippen molar-refractivity contribution in [2.75, 3.05) is 0 Å². The van der Waals surface area contributed by atoms with Crippen molar-refractivity contribution in [1.29, 1.82) is 5.26 Å². The van der Waals surface area contributed by atoms with Crippen molar-refractivity contribution < 1.29 is 9.21 Å². The van der Waals surface area contributed by atoms with Crippen molar-refractivity contribution in [2.45, 2.75) is 19.9 Å². The Morgan fingerprint density at radius 1 is 1.21 bits per heavy atom. The van der Waals surface area contributed by atoms with Crippen LogP contribution in [-0.4, -0.2) is 10.5 Å². The third-order valence-electron chi connectivity index (χ3n) is 3.89. The maximum absolute atomic E-state index is 12.7. The number of rotatable bonds is 4. The molecule has 0 fully saturated rings. The van der Waals surface area contributed by atoms with Crippen LogP contribution in [0.3, 0.4) is 0 Å². The maximum Gasteiger partial charge on any atom is 0.256 e. The Morgan fingerprint density at radius 3 is 2.50 bits per heavy atom. The lowest BCUT2D eigenvalue weighted by molar-refractivity contribution is 0.0938. The summed E-state index contributed by atoms with van der Waals surface area (Å²) in [7, 11) is 0. The van der Waals surface area contributed by atoms with E-state index in [4.69, 9.17) is 4.42 Å². The number of hydrogen-bond acceptors (Lipinski definition) is 3. The number of carbonyl (C=O) groups is 1. The van der Waals surface area contributed by atoms with E-state index in [9.17, 15) is 10.1 Å². The summed E-state index contributed by atoms with van der Waals surface area (Å²) >= 11 is 0. The molecule has 0 aliphatic heterocycles. The van der Waals surface area contributed by atoms with E-state index in [1.54, 1.807) is 23.9 Å². The molecule has 0 spiro atoms. The molecule has 1 amide bonds. The van der Waals surface area contributed by atoms with E-state index < -0.39 is 0 Å². The van der Waals surface area contributed by atoms with E-state index in [1.165, 1.54) is 0 Å². The summed E-state index contributed by atoms with van der Waals surface area (Å²) < 4.78 is 7.35. The first-order chi connectivity index (χ1) is 11.6. The number of nitriles is 1. The second-order valence-corrected chi connectivity index (χ2v) is 5.52. The molecule has 5 heteroatoms. The van der Waals surface area contributed by atoms with Crippen molar-refractivity contribution in [1.82, 2.24) is 9.88 Å². The minimum absolute atomic E-state index is 0.172. The summed E-state index contributed by atoms with van der Waals surface area (Å²) in [6.45, 7) is 3.59. The number of benzene rings is 1. The molecule has 0 aliphatic carbocycles. The molecule has 5 nitrogen and oxygen atoms in total. The molecule has 1 atom stereocenters. The predicted molar refractivity (Wildman–Crippen MR) is 89.8 cm³/mol. The van der Waals surface area contributed by atoms with E-state index in [-0.39, 0.29) is 23.1 Å². The van der Waals surface area contributed by atoms with Gasteiger partial charge in [-0.15, -0.1) is 0 Å². The number of aromatic nitrogens is 1. The van der Waals surface area contributed by atoms with Crippen LogP contribution >= 0.6 is 0 Å². The maximum atomic E-state index is 12.7. The molecule has 0 saturated carbocycles. The smallest absolute Gasteiger partial charge is 0.256 e. The second kappa shape index (κ2) is 6.47. The molecule has 3 rings (SSSR count). The number of nitrogens with one attached hydrogen (secondary N) is 1. The van der Waals surface area contributed by atoms with Gasteiger partial charge in [-0.2, -0.15) is 5.26 Å². The fourth-order valence-electron chi connectivity index (χ4n) is 2.65. The Morgan fingerprint density at radius 2 is 1.88 bits per heavy atom. The van der Waals surface area contributed by atoms with Crippen LogP contribution in [0.5, 0.6) is 0 Å². The zero-order valence-electron chi connectivity index (χ0n) is 13.5. The van der Waals surface area contributed by atoms with Crippen LogP contribution in [0.15, 0.2) is 59.3 Å². The predicted octanol–water partition coefficient (Wildman–Crippen LogP) is 3.74. The number of carbonyl (C=O) groups excluding carboxylic acids is 1. The van der Waals surface area contributed by atoms with Crippen molar-refractivity contribution in [3.63, 3.8) is 0 Å². The molecule has 0 unspecified atom stereocenters. The molecule has 2 aromatic heterocycles. The van der Waals surface area contributed by atoms with Gasteiger partial charge in [0.2, 0.25) is 5.88 Å². The summed E-state index contributed by atoms with van der Waals surface area (Å²) in [5.41, 5.74) is 1.52. The molecule has 120 valence electrons. The first-order valence-electron chi connectivity index (χ1n) is 7.64. The standard InChI is InChI=1S/C19H17N3O2/c1-13(15-8-4-3-5-9-15)21-18(23)17-14(2)24-19(16(17)12-20)22-10-6-7-11-22/h3-11,13H,1-2H3,(H,21,23)/t13-/m1/s1. The Labute approximate surface area is 140 Å². The van der Waals surface area contributed by atoms with Gasteiger partial charge < -0.3 is 9.73 Å². The Kier molecular flexibility index (Phi) is 4.21. The van der Waals surface area contributed by atoms with Gasteiger partial charge >= 0.3 is 0 Å². The molecule has 2 heterocycles. The number of amides is 1. The van der Waals surface area contributed by atoms with Crippen LogP contribution in [0.4, 0.5) is 0 Å². The average molecular weight is 319 g/mol. The highest BCUT2D eigenvalue weighted by atomic mass is 16.4. The first kappa shape index (κ1) is 15.6. The third kappa shape index (κ3) is 2.82. The molecule has 1 aromatic carbocycles. The second-order valence-electron chi connectivity index (χ2n) is 5.52. The largest absolute Gasteiger partial charge is 0.443 e. The molecule has 0 bridgehead atoms. The van der Waals surface area contributed by atoms with Crippen molar-refractivity contribution >= 4 is 5.91 Å². The SMILES string of the molecule is Cc1oc(-n2cccc2)c(C#N)c1C(=O)N[C@H](C)c1ccccc1. The van der Waals surface area contributed by atoms with Gasteiger partial charge in [0.05, 0.1) is 6.04 Å². The van der Waals surface area contributed by atoms with Crippen molar-refractivity contribution in [2.24, 2.45) is 0 Å². The highest BCUT2D eigenvalue weighted by molar-refractivity contribution is 5.98. The van der Waals surface area contributed by atoms with Crippen molar-refractivity contribution in [3.05, 3.63) is 77.3 Å². The summed E-state index contributed by atoms with van der Waals surface area (Å²) in [4.78, 5) is 12.7. The lowest BCUT2D eigenvalue weighted by Gasteiger charge is -2.14. The zero-order chi connectivity index (χ0) is 17.1. The van der Waals surface area contributed by atoms with E-state index >= 15 is 0 Å². The molecule has 24 heavy (non-hydrogen) atoms. The third-order valence-corrected chi connectivity index (χ3v) is 3.89. The van der Waals surface area contributed by atoms with Crippen molar-refractivity contribution in [3.8, 4) is 12.0 Å². The van der Waals surface area contributed by atoms with Gasteiger partial charge in [-0.1, -0.05) is 30.3 Å². The topological polar surface area (TPSA) is 71.0 Å². The van der Waals surface area contributed by atoms with E-state index in [0.717, 1.165) is 5.56 Å². The fourth-order valence-corrected chi connectivity index (χ4v) is 2.65. The molecular weight excluding hydrogens is 302 g/mol. The van der Waals surface area contributed by atoms with Gasteiger partial charge in [0.1, 0.15) is 23.0 Å². The summed E-state index contributed by atoms with van der Waals surface area (Å²) in [6.07, 6.45) is 3.54. The van der Waals surface area contributed by atoms with Crippen LogP contribution in [-0.2, 0) is 0 Å². The summed E-state index contributed by atoms with van der Waals surface area (Å²) in [6, 6.07) is 15.2. The molecular formula is C19H17N3O2. The van der Waals surface area contributed by atoms with Gasteiger partial charge in [-0.05, 0) is 31.5 Å². The van der Waals surface area contributed by atoms with Gasteiger partial charge in [0.25, 0.3) is 5.91 Å². The highest BCUT2D eigenvalue weighted by Gasteiger charge is 2.25. The molecule has 0 aliphatic rings. The van der Waals surface area contributed by atoms with Crippen LogP contribution < -0.4 is 5.32 Å². The van der Waals surface area contributed by atoms with E-state index in [2.05, 4.69) is 11.4 Å². The van der Waals surface area contributed by atoms with Gasteiger partial charge in [0.15, 0.2) is 0 Å². The number of hydrogen-bond donors (Lipinski definition) is 1. The molecule has 3 aromatic rings. The van der Waals surface area contributed by atoms with Gasteiger partial charge in [-0.3, -0.25) is 9.36 Å². The number of furan rings is 1. The molecule has 1 N–H and O–H groups in total. The lowest BCUT2D eigenvalue weighted by atomic mass is 10.1. The monoisotopic (exact) mass is 319 g/mol. The average Bonchev–Trinajstić information content (AvgIpc) is 3.22. The quantitative estimate of drug-likeness (QED) is 0.796. The minimum Gasteiger partial charge on any atom is -0.443 e. The number of aryl methyl sites for hydroxylation is 1. The summed E-state index contributed by atoms with van der Waals surface area (Å²) in [5.74, 6) is 0.466. The zero-order valence-corrected chi connectivity index (χ0v) is 13.5. The van der Waals surface area contributed by atoms with E-state index in [1.807, 2.05) is 49.4 Å². The Balaban J connectivity index is 1.92. The number of nitrogens with zero attached hydrogens (tertiary/aromatic N) is 2. The van der Waals surface area contributed by atoms with Crippen LogP contribution in [0, 0.1) is 18.3 Å². The van der Waals surface area contributed by atoms with Gasteiger partial charge in [-0.25, -0.2) is 0 Å². The molecule has 0 saturated heterocycles. The lowest BCUT2D eigenvalue weighted by Crippen LogP contribution is -2.27. The Hall–Kier alpha value is -3.26. The van der Waals surface area contributed by atoms with Crippen LogP contribution in [0.2, 0.25) is 0 Å². The van der Waals surface area contributed by atoms with Crippen LogP contribution in [0.25, 0.3) is 5.88 Å². The Bertz CT molecular complexity index is 887. The molecule has 0 radical (unpaired) electrons. The summed E-state index contributed by atoms with van der Waals surface area (Å²) in [5, 5.41) is 12.4. The van der Waals surface area contributed by atoms with E-state index in [0.29, 0.717) is 11.6 Å². The first-order valence-corrected chi connectivity index (χ1v) is 7.64. The van der Waals surface area contributed by atoms with Gasteiger partial charge in [0, 0.05) is 12.4 Å². The van der Waals surface area contributed by atoms with Crippen LogP contribution in [0.1, 0.15) is 40.2 Å². The normalized spacial score (nSPS) is 11.7. The minimum atomic E-state index is -0.317. The fraction of sp³-hybridized carbons (Fsp3) is 0.158. The highest BCUT2D eigenvalue weighted by Crippen LogP contribution is 2.26.